The highest BCUT2D eigenvalue weighted by Crippen LogP contribution is 1.98. The predicted molar refractivity (Wildman–Crippen MR) is 68.2 cm³/mol. The molecule has 0 bridgehead atoms. The Bertz CT molecular complexity index is 185. The van der Waals surface area contributed by atoms with Crippen molar-refractivity contribution in [3.63, 3.8) is 0 Å². The van der Waals surface area contributed by atoms with Gasteiger partial charge in [0.1, 0.15) is 0 Å². The summed E-state index contributed by atoms with van der Waals surface area (Å²) in [4.78, 5) is 4.35. The fourth-order valence-electron chi connectivity index (χ4n) is 1.39. The summed E-state index contributed by atoms with van der Waals surface area (Å²) >= 11 is 0. The summed E-state index contributed by atoms with van der Waals surface area (Å²) in [6, 6.07) is 0.204. The number of hydrogen-bond acceptors (Lipinski definition) is 3. The average Bonchev–Trinajstić information content (AvgIpc) is 2.27. The first-order chi connectivity index (χ1) is 7.74. The monoisotopic (exact) mass is 230 g/mol. The van der Waals surface area contributed by atoms with E-state index in [4.69, 9.17) is 10.6 Å². The first kappa shape index (κ1) is 15.2. The van der Waals surface area contributed by atoms with Gasteiger partial charge in [0.2, 0.25) is 5.96 Å². The Labute approximate surface area is 98.8 Å². The number of hydrazine groups is 1. The van der Waals surface area contributed by atoms with E-state index in [1.165, 1.54) is 19.3 Å². The van der Waals surface area contributed by atoms with Gasteiger partial charge in [0.15, 0.2) is 0 Å². The molecular formula is C11H26N4O. The number of guanidine groups is 1. The molecule has 0 fully saturated rings. The average molecular weight is 230 g/mol. The van der Waals surface area contributed by atoms with Gasteiger partial charge in [-0.15, -0.1) is 0 Å². The van der Waals surface area contributed by atoms with E-state index in [2.05, 4.69) is 22.7 Å². The number of ether oxygens (including phenoxy) is 1. The van der Waals surface area contributed by atoms with E-state index >= 15 is 0 Å². The van der Waals surface area contributed by atoms with E-state index in [1.54, 1.807) is 7.11 Å². The van der Waals surface area contributed by atoms with Crippen molar-refractivity contribution in [2.75, 3.05) is 20.3 Å². The molecule has 16 heavy (non-hydrogen) atoms. The highest BCUT2D eigenvalue weighted by atomic mass is 16.5. The van der Waals surface area contributed by atoms with Gasteiger partial charge in [-0.2, -0.15) is 0 Å². The Morgan fingerprint density at radius 2 is 2.12 bits per heavy atom. The van der Waals surface area contributed by atoms with Crippen LogP contribution in [0.2, 0.25) is 0 Å². The second-order valence-corrected chi connectivity index (χ2v) is 3.94. The molecule has 0 aromatic heterocycles. The van der Waals surface area contributed by atoms with Crippen molar-refractivity contribution < 1.29 is 4.74 Å². The highest BCUT2D eigenvalue weighted by molar-refractivity contribution is 5.79. The predicted octanol–water partition coefficient (Wildman–Crippen LogP) is 1.01. The Morgan fingerprint density at radius 1 is 1.38 bits per heavy atom. The summed E-state index contributed by atoms with van der Waals surface area (Å²) in [5.41, 5.74) is 2.57. The fraction of sp³-hybridized carbons (Fsp3) is 0.909. The van der Waals surface area contributed by atoms with E-state index in [0.29, 0.717) is 12.6 Å². The molecule has 0 spiro atoms. The standard InChI is InChI=1S/C11H26N4O/c1-4-5-6-7-8-13-11(15-12)14-10(2)9-16-3/h10H,4-9,12H2,1-3H3,(H2,13,14,15). The third-order valence-corrected chi connectivity index (χ3v) is 2.22. The Morgan fingerprint density at radius 3 is 2.69 bits per heavy atom. The second kappa shape index (κ2) is 10.7. The van der Waals surface area contributed by atoms with Crippen LogP contribution in [-0.4, -0.2) is 32.3 Å². The fourth-order valence-corrected chi connectivity index (χ4v) is 1.39. The van der Waals surface area contributed by atoms with Crippen molar-refractivity contribution in [1.82, 2.24) is 10.7 Å². The van der Waals surface area contributed by atoms with Crippen LogP contribution in [0.5, 0.6) is 0 Å². The Balaban J connectivity index is 3.74. The lowest BCUT2D eigenvalue weighted by Crippen LogP contribution is -2.46. The summed E-state index contributed by atoms with van der Waals surface area (Å²) in [5.74, 6) is 6.01. The molecule has 4 N–H and O–H groups in total. The lowest BCUT2D eigenvalue weighted by Gasteiger charge is -2.15. The third kappa shape index (κ3) is 8.49. The zero-order chi connectivity index (χ0) is 12.2. The van der Waals surface area contributed by atoms with Gasteiger partial charge in [-0.3, -0.25) is 10.4 Å². The number of nitrogens with two attached hydrogens (primary N) is 1. The molecule has 5 heteroatoms. The number of nitrogens with one attached hydrogen (secondary N) is 2. The van der Waals surface area contributed by atoms with E-state index in [0.717, 1.165) is 13.0 Å². The van der Waals surface area contributed by atoms with Gasteiger partial charge in [-0.25, -0.2) is 5.84 Å². The van der Waals surface area contributed by atoms with E-state index in [1.807, 2.05) is 6.92 Å². The normalized spacial score (nSPS) is 13.6. The molecule has 0 aliphatic heterocycles. The van der Waals surface area contributed by atoms with Crippen LogP contribution in [0.3, 0.4) is 0 Å². The molecule has 1 atom stereocenters. The van der Waals surface area contributed by atoms with Crippen molar-refractivity contribution in [2.45, 2.75) is 45.6 Å². The first-order valence-corrected chi connectivity index (χ1v) is 6.01. The zero-order valence-corrected chi connectivity index (χ0v) is 10.8. The molecule has 5 nitrogen and oxygen atoms in total. The smallest absolute Gasteiger partial charge is 0.206 e. The van der Waals surface area contributed by atoms with Gasteiger partial charge < -0.3 is 10.1 Å². The minimum absolute atomic E-state index is 0.204. The number of aliphatic imine (C=N–C) groups is 1. The zero-order valence-electron chi connectivity index (χ0n) is 10.8. The third-order valence-electron chi connectivity index (χ3n) is 2.22. The highest BCUT2D eigenvalue weighted by Gasteiger charge is 2.02. The van der Waals surface area contributed by atoms with Crippen LogP contribution < -0.4 is 16.6 Å². The Hall–Kier alpha value is -0.810. The molecule has 0 aromatic carbocycles. The minimum atomic E-state index is 0.204. The van der Waals surface area contributed by atoms with Crippen LogP contribution in [0.1, 0.15) is 39.5 Å². The van der Waals surface area contributed by atoms with Gasteiger partial charge in [0.25, 0.3) is 0 Å². The lowest BCUT2D eigenvalue weighted by molar-refractivity contribution is 0.179. The van der Waals surface area contributed by atoms with Crippen molar-refractivity contribution in [2.24, 2.45) is 10.8 Å². The van der Waals surface area contributed by atoms with Gasteiger partial charge in [0, 0.05) is 19.7 Å². The van der Waals surface area contributed by atoms with Crippen LogP contribution in [0.4, 0.5) is 0 Å². The van der Waals surface area contributed by atoms with Crippen LogP contribution in [0.25, 0.3) is 0 Å². The van der Waals surface area contributed by atoms with Gasteiger partial charge in [-0.05, 0) is 13.3 Å². The molecule has 0 heterocycles. The van der Waals surface area contributed by atoms with Crippen molar-refractivity contribution in [3.8, 4) is 0 Å². The number of nitrogens with zero attached hydrogens (tertiary/aromatic N) is 1. The SMILES string of the molecule is CCCCCCN=C(NN)NC(C)COC. The van der Waals surface area contributed by atoms with E-state index < -0.39 is 0 Å². The summed E-state index contributed by atoms with van der Waals surface area (Å²) in [5, 5.41) is 3.15. The minimum Gasteiger partial charge on any atom is -0.383 e. The molecule has 0 radical (unpaired) electrons. The maximum Gasteiger partial charge on any atom is 0.206 e. The van der Waals surface area contributed by atoms with Gasteiger partial charge >= 0.3 is 0 Å². The Kier molecular flexibility index (Phi) is 10.2. The molecule has 0 saturated carbocycles. The van der Waals surface area contributed by atoms with Crippen LogP contribution in [-0.2, 0) is 4.74 Å². The second-order valence-electron chi connectivity index (χ2n) is 3.94. The molecule has 96 valence electrons. The molecule has 0 aliphatic carbocycles. The maximum absolute atomic E-state index is 5.37. The summed E-state index contributed by atoms with van der Waals surface area (Å²) < 4.78 is 5.02. The number of hydrogen-bond donors (Lipinski definition) is 3. The maximum atomic E-state index is 5.37. The molecule has 0 amide bonds. The number of unbranched alkanes of at least 4 members (excludes halogenated alkanes) is 3. The topological polar surface area (TPSA) is 71.7 Å². The molecule has 0 saturated heterocycles. The number of methoxy groups -OCH3 is 1. The van der Waals surface area contributed by atoms with Gasteiger partial charge in [-0.1, -0.05) is 26.2 Å². The molecule has 0 aromatic rings. The van der Waals surface area contributed by atoms with Crippen LogP contribution >= 0.6 is 0 Å². The largest absolute Gasteiger partial charge is 0.383 e. The summed E-state index contributed by atoms with van der Waals surface area (Å²) in [6.45, 7) is 5.67. The molecule has 0 aliphatic rings. The lowest BCUT2D eigenvalue weighted by atomic mass is 10.2. The summed E-state index contributed by atoms with van der Waals surface area (Å²) in [7, 11) is 1.68. The van der Waals surface area contributed by atoms with Crippen LogP contribution in [0.15, 0.2) is 4.99 Å². The number of rotatable bonds is 8. The van der Waals surface area contributed by atoms with Gasteiger partial charge in [0.05, 0.1) is 6.61 Å². The summed E-state index contributed by atoms with van der Waals surface area (Å²) in [6.07, 6.45) is 4.86. The van der Waals surface area contributed by atoms with Crippen molar-refractivity contribution in [1.29, 1.82) is 0 Å². The van der Waals surface area contributed by atoms with Crippen molar-refractivity contribution >= 4 is 5.96 Å². The quantitative estimate of drug-likeness (QED) is 0.191. The van der Waals surface area contributed by atoms with E-state index in [-0.39, 0.29) is 6.04 Å². The van der Waals surface area contributed by atoms with Crippen LogP contribution in [0, 0.1) is 0 Å². The van der Waals surface area contributed by atoms with E-state index in [9.17, 15) is 0 Å². The molecule has 0 rings (SSSR count). The first-order valence-electron chi connectivity index (χ1n) is 6.01. The molecule has 1 unspecified atom stereocenters. The molecular weight excluding hydrogens is 204 g/mol. The van der Waals surface area contributed by atoms with Crippen molar-refractivity contribution in [3.05, 3.63) is 0 Å².